The van der Waals surface area contributed by atoms with Crippen molar-refractivity contribution < 1.29 is 15.3 Å². The molecule has 4 atom stereocenters. The molecule has 0 saturated carbocycles. The Hall–Kier alpha value is -1.62. The van der Waals surface area contributed by atoms with Crippen molar-refractivity contribution in [3.8, 4) is 0 Å². The summed E-state index contributed by atoms with van der Waals surface area (Å²) in [4.78, 5) is 12.0. The number of nitrogens with two attached hydrogens (primary N) is 2. The van der Waals surface area contributed by atoms with Gasteiger partial charge in [-0.25, -0.2) is 4.98 Å². The topological polar surface area (TPSA) is 156 Å². The number of rotatable bonds is 2. The molecule has 1 aliphatic heterocycles. The van der Waals surface area contributed by atoms with E-state index in [1.54, 1.807) is 4.57 Å². The number of aliphatic hydroxyl groups excluding tert-OH is 3. The third-order valence-electron chi connectivity index (χ3n) is 3.26. The Morgan fingerprint density at radius 2 is 2.00 bits per heavy atom. The Kier molecular flexibility index (Phi) is 3.17. The summed E-state index contributed by atoms with van der Waals surface area (Å²) in [6.07, 6.45) is -0.612. The maximum Gasteiger partial charge on any atom is 0.224 e. The fourth-order valence-electron chi connectivity index (χ4n) is 2.25. The molecule has 1 saturated heterocycles. The van der Waals surface area contributed by atoms with Gasteiger partial charge in [-0.3, -0.25) is 4.57 Å². The molecule has 108 valence electrons. The summed E-state index contributed by atoms with van der Waals surface area (Å²) in [5.41, 5.74) is 12.1. The molecule has 7 N–H and O–H groups in total. The molecule has 1 unspecified atom stereocenters. The van der Waals surface area contributed by atoms with Crippen LogP contribution in [0.25, 0.3) is 11.2 Å². The number of hydrogen-bond acceptors (Lipinski definition) is 9. The van der Waals surface area contributed by atoms with Gasteiger partial charge in [0.25, 0.3) is 0 Å². The standard InChI is InChI=1S/C10H14N6O3S/c11-7-4-8(15-10(12)14-7)16(2-13-4)9-6(19)5(18)3(1-17)20-9/h2-3,5-6,9,17-19H,1H2,(H4,11,12,14,15)/t3-,5-,6+,9?/m1/s1. The van der Waals surface area contributed by atoms with Crippen molar-refractivity contribution in [1.82, 2.24) is 19.5 Å². The lowest BCUT2D eigenvalue weighted by Crippen LogP contribution is -2.32. The molecule has 10 heteroatoms. The zero-order valence-corrected chi connectivity index (χ0v) is 11.1. The minimum absolute atomic E-state index is 0.00786. The van der Waals surface area contributed by atoms with Crippen molar-refractivity contribution in [2.24, 2.45) is 0 Å². The Morgan fingerprint density at radius 1 is 1.25 bits per heavy atom. The number of fused-ring (bicyclic) bond motifs is 1. The molecule has 0 radical (unpaired) electrons. The SMILES string of the molecule is Nc1nc(N)c2ncn(C3S[C@H](CO)[C@@H](O)[C@@H]3O)c2n1. The summed E-state index contributed by atoms with van der Waals surface area (Å²) in [5, 5.41) is 28.1. The van der Waals surface area contributed by atoms with Crippen LogP contribution >= 0.6 is 11.8 Å². The first kappa shape index (κ1) is 13.4. The summed E-state index contributed by atoms with van der Waals surface area (Å²) < 4.78 is 1.58. The number of nitrogen functional groups attached to an aromatic ring is 2. The Bertz CT molecular complexity index is 649. The van der Waals surface area contributed by atoms with Crippen molar-refractivity contribution in [3.63, 3.8) is 0 Å². The second kappa shape index (κ2) is 4.74. The van der Waals surface area contributed by atoms with Crippen molar-refractivity contribution in [2.75, 3.05) is 18.1 Å². The maximum atomic E-state index is 10.1. The van der Waals surface area contributed by atoms with Gasteiger partial charge in [0, 0.05) is 0 Å². The lowest BCUT2D eigenvalue weighted by molar-refractivity contribution is 0.0113. The molecule has 1 aliphatic rings. The summed E-state index contributed by atoms with van der Waals surface area (Å²) in [5.74, 6) is 0.163. The number of aromatic nitrogens is 4. The molecule has 9 nitrogen and oxygen atoms in total. The maximum absolute atomic E-state index is 10.1. The minimum atomic E-state index is -1.05. The first-order chi connectivity index (χ1) is 9.52. The molecule has 20 heavy (non-hydrogen) atoms. The molecule has 0 aliphatic carbocycles. The molecular weight excluding hydrogens is 284 g/mol. The zero-order chi connectivity index (χ0) is 14.4. The third-order valence-corrected chi connectivity index (χ3v) is 4.82. The smallest absolute Gasteiger partial charge is 0.224 e. The second-order valence-electron chi connectivity index (χ2n) is 4.52. The van der Waals surface area contributed by atoms with E-state index in [0.29, 0.717) is 11.2 Å². The van der Waals surface area contributed by atoms with Crippen molar-refractivity contribution in [1.29, 1.82) is 0 Å². The van der Waals surface area contributed by atoms with E-state index in [0.717, 1.165) is 0 Å². The molecule has 1 fully saturated rings. The van der Waals surface area contributed by atoms with Gasteiger partial charge in [0.15, 0.2) is 11.5 Å². The Balaban J connectivity index is 2.07. The van der Waals surface area contributed by atoms with Crippen molar-refractivity contribution in [2.45, 2.75) is 22.8 Å². The van der Waals surface area contributed by atoms with Gasteiger partial charge in [-0.15, -0.1) is 11.8 Å². The fraction of sp³-hybridized carbons (Fsp3) is 0.500. The van der Waals surface area contributed by atoms with Gasteiger partial charge in [-0.1, -0.05) is 0 Å². The van der Waals surface area contributed by atoms with Crippen LogP contribution in [-0.2, 0) is 0 Å². The van der Waals surface area contributed by atoms with E-state index in [1.165, 1.54) is 18.1 Å². The Labute approximate surface area is 117 Å². The van der Waals surface area contributed by atoms with Gasteiger partial charge < -0.3 is 26.8 Å². The number of imidazole rings is 1. The summed E-state index contributed by atoms with van der Waals surface area (Å²) in [6, 6.07) is 0. The van der Waals surface area contributed by atoms with Crippen LogP contribution in [0.2, 0.25) is 0 Å². The van der Waals surface area contributed by atoms with Gasteiger partial charge in [0.2, 0.25) is 5.95 Å². The highest BCUT2D eigenvalue weighted by Gasteiger charge is 2.43. The van der Waals surface area contributed by atoms with Gasteiger partial charge in [-0.2, -0.15) is 9.97 Å². The highest BCUT2D eigenvalue weighted by molar-refractivity contribution is 8.00. The first-order valence-electron chi connectivity index (χ1n) is 5.91. The highest BCUT2D eigenvalue weighted by atomic mass is 32.2. The molecule has 2 aromatic rings. The predicted molar refractivity (Wildman–Crippen MR) is 73.7 cm³/mol. The Morgan fingerprint density at radius 3 is 2.65 bits per heavy atom. The first-order valence-corrected chi connectivity index (χ1v) is 6.85. The lowest BCUT2D eigenvalue weighted by atomic mass is 10.1. The molecule has 0 amide bonds. The van der Waals surface area contributed by atoms with Crippen LogP contribution in [0.3, 0.4) is 0 Å². The average molecular weight is 298 g/mol. The quantitative estimate of drug-likeness (QED) is 0.436. The van der Waals surface area contributed by atoms with Gasteiger partial charge in [0.1, 0.15) is 17.0 Å². The van der Waals surface area contributed by atoms with Crippen LogP contribution in [0.1, 0.15) is 5.37 Å². The molecule has 0 spiro atoms. The lowest BCUT2D eigenvalue weighted by Gasteiger charge is -2.17. The van der Waals surface area contributed by atoms with Crippen LogP contribution in [0, 0.1) is 0 Å². The third kappa shape index (κ3) is 1.88. The molecule has 2 aromatic heterocycles. The van der Waals surface area contributed by atoms with Crippen LogP contribution in [0.5, 0.6) is 0 Å². The molecule has 0 bridgehead atoms. The van der Waals surface area contributed by atoms with Crippen LogP contribution in [0.15, 0.2) is 6.33 Å². The van der Waals surface area contributed by atoms with E-state index in [9.17, 15) is 15.3 Å². The number of anilines is 2. The summed E-state index contributed by atoms with van der Waals surface area (Å²) in [6.45, 7) is -0.231. The minimum Gasteiger partial charge on any atom is -0.395 e. The van der Waals surface area contributed by atoms with E-state index in [2.05, 4.69) is 15.0 Å². The fourth-order valence-corrected chi connectivity index (χ4v) is 3.63. The van der Waals surface area contributed by atoms with Gasteiger partial charge >= 0.3 is 0 Å². The van der Waals surface area contributed by atoms with E-state index < -0.39 is 22.8 Å². The number of aliphatic hydroxyl groups is 3. The molecular formula is C10H14N6O3S. The second-order valence-corrected chi connectivity index (χ2v) is 5.88. The number of thioether (sulfide) groups is 1. The average Bonchev–Trinajstić information content (AvgIpc) is 2.93. The molecule has 3 heterocycles. The normalized spacial score (nSPS) is 30.1. The van der Waals surface area contributed by atoms with Crippen LogP contribution in [-0.4, -0.2) is 58.9 Å². The molecule has 3 rings (SSSR count). The highest BCUT2D eigenvalue weighted by Crippen LogP contribution is 2.42. The van der Waals surface area contributed by atoms with Crippen LogP contribution < -0.4 is 11.5 Å². The van der Waals surface area contributed by atoms with E-state index in [-0.39, 0.29) is 18.4 Å². The van der Waals surface area contributed by atoms with Crippen LogP contribution in [0.4, 0.5) is 11.8 Å². The van der Waals surface area contributed by atoms with Gasteiger partial charge in [-0.05, 0) is 0 Å². The van der Waals surface area contributed by atoms with E-state index in [1.807, 2.05) is 0 Å². The predicted octanol–water partition coefficient (Wildman–Crippen LogP) is -1.68. The largest absolute Gasteiger partial charge is 0.395 e. The molecule has 0 aromatic carbocycles. The summed E-state index contributed by atoms with van der Waals surface area (Å²) in [7, 11) is 0. The number of nitrogens with zero attached hydrogens (tertiary/aromatic N) is 4. The number of hydrogen-bond donors (Lipinski definition) is 5. The van der Waals surface area contributed by atoms with Crippen molar-refractivity contribution in [3.05, 3.63) is 6.33 Å². The van der Waals surface area contributed by atoms with E-state index >= 15 is 0 Å². The summed E-state index contributed by atoms with van der Waals surface area (Å²) >= 11 is 1.24. The van der Waals surface area contributed by atoms with Gasteiger partial charge in [0.05, 0.1) is 24.3 Å². The monoisotopic (exact) mass is 298 g/mol. The van der Waals surface area contributed by atoms with E-state index in [4.69, 9.17) is 11.5 Å². The van der Waals surface area contributed by atoms with Crippen molar-refractivity contribution >= 4 is 34.7 Å². The zero-order valence-electron chi connectivity index (χ0n) is 10.3.